The minimum atomic E-state index is 0.181. The molecule has 0 aliphatic carbocycles. The Balaban J connectivity index is 2.44. The first kappa shape index (κ1) is 11.2. The maximum absolute atomic E-state index is 5.50. The van der Waals surface area contributed by atoms with Gasteiger partial charge in [0.05, 0.1) is 0 Å². The third-order valence-electron chi connectivity index (χ3n) is 2.30. The van der Waals surface area contributed by atoms with Crippen molar-refractivity contribution in [3.63, 3.8) is 0 Å². The summed E-state index contributed by atoms with van der Waals surface area (Å²) < 4.78 is 5.50. The molecule has 0 saturated heterocycles. The van der Waals surface area contributed by atoms with Crippen LogP contribution in [0.1, 0.15) is 19.4 Å². The van der Waals surface area contributed by atoms with Gasteiger partial charge in [0.2, 0.25) is 0 Å². The molecule has 0 N–H and O–H groups in total. The Morgan fingerprint density at radius 1 is 1.29 bits per heavy atom. The van der Waals surface area contributed by atoms with E-state index < -0.39 is 0 Å². The molecular formula is C12H19NO. The SMILES string of the molecule is CCOC(C)N(C)Cc1ccccc1. The van der Waals surface area contributed by atoms with E-state index in [2.05, 4.69) is 43.1 Å². The molecular weight excluding hydrogens is 174 g/mol. The van der Waals surface area contributed by atoms with Gasteiger partial charge in [0.1, 0.15) is 6.23 Å². The smallest absolute Gasteiger partial charge is 0.107 e. The van der Waals surface area contributed by atoms with E-state index in [0.29, 0.717) is 0 Å². The minimum absolute atomic E-state index is 0.181. The van der Waals surface area contributed by atoms with E-state index in [9.17, 15) is 0 Å². The second kappa shape index (κ2) is 5.78. The molecule has 0 spiro atoms. The first-order chi connectivity index (χ1) is 6.74. The molecule has 1 rings (SSSR count). The number of hydrogen-bond acceptors (Lipinski definition) is 2. The third kappa shape index (κ3) is 3.48. The van der Waals surface area contributed by atoms with Crippen LogP contribution in [0.25, 0.3) is 0 Å². The van der Waals surface area contributed by atoms with Crippen LogP contribution in [0.4, 0.5) is 0 Å². The lowest BCUT2D eigenvalue weighted by Gasteiger charge is -2.24. The van der Waals surface area contributed by atoms with Crippen LogP contribution in [0.3, 0.4) is 0 Å². The molecule has 0 bridgehead atoms. The summed E-state index contributed by atoms with van der Waals surface area (Å²) in [4.78, 5) is 2.19. The number of nitrogens with zero attached hydrogens (tertiary/aromatic N) is 1. The zero-order chi connectivity index (χ0) is 10.4. The molecule has 1 atom stereocenters. The largest absolute Gasteiger partial charge is 0.364 e. The van der Waals surface area contributed by atoms with Gasteiger partial charge in [-0.15, -0.1) is 0 Å². The lowest BCUT2D eigenvalue weighted by Crippen LogP contribution is -2.30. The van der Waals surface area contributed by atoms with Gasteiger partial charge in [-0.25, -0.2) is 0 Å². The Kier molecular flexibility index (Phi) is 4.63. The normalized spacial score (nSPS) is 13.1. The number of hydrogen-bond donors (Lipinski definition) is 0. The Morgan fingerprint density at radius 2 is 1.93 bits per heavy atom. The number of benzene rings is 1. The summed E-state index contributed by atoms with van der Waals surface area (Å²) in [5.74, 6) is 0. The average molecular weight is 193 g/mol. The maximum Gasteiger partial charge on any atom is 0.107 e. The zero-order valence-electron chi connectivity index (χ0n) is 9.23. The number of ether oxygens (including phenoxy) is 1. The highest BCUT2D eigenvalue weighted by Gasteiger charge is 2.08. The first-order valence-corrected chi connectivity index (χ1v) is 5.09. The molecule has 1 unspecified atom stereocenters. The van der Waals surface area contributed by atoms with Crippen LogP contribution in [0.2, 0.25) is 0 Å². The van der Waals surface area contributed by atoms with Crippen LogP contribution < -0.4 is 0 Å². The molecule has 0 amide bonds. The maximum atomic E-state index is 5.50. The van der Waals surface area contributed by atoms with Gasteiger partial charge in [0, 0.05) is 13.2 Å². The molecule has 0 aromatic heterocycles. The summed E-state index contributed by atoms with van der Waals surface area (Å²) in [7, 11) is 2.08. The summed E-state index contributed by atoms with van der Waals surface area (Å²) >= 11 is 0. The molecule has 2 nitrogen and oxygen atoms in total. The van der Waals surface area contributed by atoms with Crippen molar-refractivity contribution in [1.82, 2.24) is 4.90 Å². The first-order valence-electron chi connectivity index (χ1n) is 5.09. The highest BCUT2D eigenvalue weighted by molar-refractivity contribution is 5.14. The van der Waals surface area contributed by atoms with Crippen LogP contribution in [-0.4, -0.2) is 24.8 Å². The van der Waals surface area contributed by atoms with Gasteiger partial charge in [0.25, 0.3) is 0 Å². The Bertz CT molecular complexity index is 248. The molecule has 0 aliphatic rings. The second-order valence-electron chi connectivity index (χ2n) is 3.46. The molecule has 1 aromatic carbocycles. The Hall–Kier alpha value is -0.860. The van der Waals surface area contributed by atoms with Gasteiger partial charge in [0.15, 0.2) is 0 Å². The lowest BCUT2D eigenvalue weighted by atomic mass is 10.2. The average Bonchev–Trinajstić information content (AvgIpc) is 2.19. The topological polar surface area (TPSA) is 12.5 Å². The zero-order valence-corrected chi connectivity index (χ0v) is 9.23. The molecule has 78 valence electrons. The van der Waals surface area contributed by atoms with E-state index in [1.807, 2.05) is 13.0 Å². The Labute approximate surface area is 86.5 Å². The molecule has 0 fully saturated rings. The van der Waals surface area contributed by atoms with Crippen LogP contribution in [0.15, 0.2) is 30.3 Å². The fourth-order valence-electron chi connectivity index (χ4n) is 1.37. The van der Waals surface area contributed by atoms with Crippen LogP contribution in [-0.2, 0) is 11.3 Å². The van der Waals surface area contributed by atoms with Crippen LogP contribution in [0, 0.1) is 0 Å². The van der Waals surface area contributed by atoms with Crippen molar-refractivity contribution in [3.8, 4) is 0 Å². The highest BCUT2D eigenvalue weighted by atomic mass is 16.5. The van der Waals surface area contributed by atoms with E-state index in [-0.39, 0.29) is 6.23 Å². The fraction of sp³-hybridized carbons (Fsp3) is 0.500. The van der Waals surface area contributed by atoms with Crippen molar-refractivity contribution in [2.45, 2.75) is 26.6 Å². The summed E-state index contributed by atoms with van der Waals surface area (Å²) in [6.45, 7) is 5.79. The van der Waals surface area contributed by atoms with Gasteiger partial charge in [-0.3, -0.25) is 4.90 Å². The summed E-state index contributed by atoms with van der Waals surface area (Å²) in [5, 5.41) is 0. The van der Waals surface area contributed by atoms with Gasteiger partial charge >= 0.3 is 0 Å². The molecule has 2 heteroatoms. The van der Waals surface area contributed by atoms with E-state index in [1.54, 1.807) is 0 Å². The van der Waals surface area contributed by atoms with Crippen LogP contribution >= 0.6 is 0 Å². The van der Waals surface area contributed by atoms with Crippen molar-refractivity contribution in [3.05, 3.63) is 35.9 Å². The van der Waals surface area contributed by atoms with Crippen molar-refractivity contribution >= 4 is 0 Å². The molecule has 0 saturated carbocycles. The predicted octanol–water partition coefficient (Wildman–Crippen LogP) is 2.50. The van der Waals surface area contributed by atoms with Crippen molar-refractivity contribution in [1.29, 1.82) is 0 Å². The van der Waals surface area contributed by atoms with E-state index in [1.165, 1.54) is 5.56 Å². The molecule has 0 radical (unpaired) electrons. The third-order valence-corrected chi connectivity index (χ3v) is 2.30. The Morgan fingerprint density at radius 3 is 2.50 bits per heavy atom. The van der Waals surface area contributed by atoms with Crippen LogP contribution in [0.5, 0.6) is 0 Å². The quantitative estimate of drug-likeness (QED) is 0.666. The predicted molar refractivity (Wildman–Crippen MR) is 59.0 cm³/mol. The second-order valence-corrected chi connectivity index (χ2v) is 3.46. The highest BCUT2D eigenvalue weighted by Crippen LogP contribution is 2.06. The lowest BCUT2D eigenvalue weighted by molar-refractivity contribution is -0.0328. The molecule has 1 aromatic rings. The van der Waals surface area contributed by atoms with Gasteiger partial charge in [-0.05, 0) is 26.5 Å². The van der Waals surface area contributed by atoms with Gasteiger partial charge in [-0.1, -0.05) is 30.3 Å². The molecule has 14 heavy (non-hydrogen) atoms. The minimum Gasteiger partial charge on any atom is -0.364 e. The van der Waals surface area contributed by atoms with E-state index in [0.717, 1.165) is 13.2 Å². The van der Waals surface area contributed by atoms with Crippen molar-refractivity contribution in [2.75, 3.05) is 13.7 Å². The van der Waals surface area contributed by atoms with Crippen molar-refractivity contribution in [2.24, 2.45) is 0 Å². The molecule has 0 heterocycles. The fourth-order valence-corrected chi connectivity index (χ4v) is 1.37. The summed E-state index contributed by atoms with van der Waals surface area (Å²) in [5.41, 5.74) is 1.32. The van der Waals surface area contributed by atoms with E-state index >= 15 is 0 Å². The standard InChI is InChI=1S/C12H19NO/c1-4-14-11(2)13(3)10-12-8-6-5-7-9-12/h5-9,11H,4,10H2,1-3H3. The monoisotopic (exact) mass is 193 g/mol. The van der Waals surface area contributed by atoms with Gasteiger partial charge in [-0.2, -0.15) is 0 Å². The van der Waals surface area contributed by atoms with Gasteiger partial charge < -0.3 is 4.74 Å². The summed E-state index contributed by atoms with van der Waals surface area (Å²) in [6.07, 6.45) is 0.181. The molecule has 0 aliphatic heterocycles. The van der Waals surface area contributed by atoms with E-state index in [4.69, 9.17) is 4.74 Å². The summed E-state index contributed by atoms with van der Waals surface area (Å²) in [6, 6.07) is 10.4. The van der Waals surface area contributed by atoms with Crippen molar-refractivity contribution < 1.29 is 4.74 Å². The number of rotatable bonds is 5.